The molecule has 2 heterocycles. The van der Waals surface area contributed by atoms with Gasteiger partial charge in [-0.3, -0.25) is 4.79 Å². The topological polar surface area (TPSA) is 73.0 Å². The third-order valence-corrected chi connectivity index (χ3v) is 4.49. The maximum Gasteiger partial charge on any atom is 0.224 e. The summed E-state index contributed by atoms with van der Waals surface area (Å²) in [6, 6.07) is 14.1. The lowest BCUT2D eigenvalue weighted by Gasteiger charge is -2.06. The van der Waals surface area contributed by atoms with Gasteiger partial charge in [-0.2, -0.15) is 5.10 Å². The molecule has 27 heavy (non-hydrogen) atoms. The van der Waals surface area contributed by atoms with Crippen molar-refractivity contribution in [3.63, 3.8) is 0 Å². The molecule has 0 bridgehead atoms. The predicted molar refractivity (Wildman–Crippen MR) is 102 cm³/mol. The lowest BCUT2D eigenvalue weighted by atomic mass is 10.1. The highest BCUT2D eigenvalue weighted by Crippen LogP contribution is 2.22. The van der Waals surface area contributed by atoms with Gasteiger partial charge in [-0.1, -0.05) is 36.4 Å². The SMILES string of the molecule is Cc1ccc2c(CC(=O)NCc3ccc(Cn4cncn4)cc3)coc2c1. The third kappa shape index (κ3) is 4.06. The average Bonchev–Trinajstić information content (AvgIpc) is 3.31. The van der Waals surface area contributed by atoms with Gasteiger partial charge in [0.15, 0.2) is 0 Å². The predicted octanol–water partition coefficient (Wildman–Crippen LogP) is 3.24. The van der Waals surface area contributed by atoms with Crippen molar-refractivity contribution in [3.05, 3.63) is 83.6 Å². The number of nitrogens with zero attached hydrogens (tertiary/aromatic N) is 3. The van der Waals surface area contributed by atoms with Crippen molar-refractivity contribution >= 4 is 16.9 Å². The van der Waals surface area contributed by atoms with E-state index >= 15 is 0 Å². The van der Waals surface area contributed by atoms with E-state index < -0.39 is 0 Å². The second kappa shape index (κ2) is 7.45. The van der Waals surface area contributed by atoms with Gasteiger partial charge in [-0.15, -0.1) is 0 Å². The molecule has 0 saturated carbocycles. The molecule has 0 aliphatic carbocycles. The van der Waals surface area contributed by atoms with Crippen molar-refractivity contribution in [2.24, 2.45) is 0 Å². The summed E-state index contributed by atoms with van der Waals surface area (Å²) in [5.41, 5.74) is 5.06. The fourth-order valence-corrected chi connectivity index (χ4v) is 3.03. The molecule has 1 amide bonds. The first-order valence-electron chi connectivity index (χ1n) is 8.81. The zero-order chi connectivity index (χ0) is 18.6. The average molecular weight is 360 g/mol. The van der Waals surface area contributed by atoms with Crippen molar-refractivity contribution in [1.82, 2.24) is 20.1 Å². The molecule has 0 saturated heterocycles. The molecule has 4 rings (SSSR count). The number of hydrogen-bond acceptors (Lipinski definition) is 4. The van der Waals surface area contributed by atoms with Crippen LogP contribution in [-0.2, 0) is 24.3 Å². The molecule has 0 spiro atoms. The number of aromatic nitrogens is 3. The van der Waals surface area contributed by atoms with Crippen LogP contribution >= 0.6 is 0 Å². The summed E-state index contributed by atoms with van der Waals surface area (Å²) in [5.74, 6) is -0.0232. The van der Waals surface area contributed by atoms with Crippen LogP contribution in [0.3, 0.4) is 0 Å². The highest BCUT2D eigenvalue weighted by molar-refractivity contribution is 5.87. The van der Waals surface area contributed by atoms with Crippen LogP contribution in [0.1, 0.15) is 22.3 Å². The Balaban J connectivity index is 1.33. The Morgan fingerprint density at radius 3 is 2.74 bits per heavy atom. The zero-order valence-electron chi connectivity index (χ0n) is 15.1. The second-order valence-electron chi connectivity index (χ2n) is 6.62. The van der Waals surface area contributed by atoms with Gasteiger partial charge in [-0.05, 0) is 29.7 Å². The van der Waals surface area contributed by atoms with Gasteiger partial charge in [0, 0.05) is 17.5 Å². The number of aryl methyl sites for hydroxylation is 1. The van der Waals surface area contributed by atoms with E-state index in [2.05, 4.69) is 15.4 Å². The third-order valence-electron chi connectivity index (χ3n) is 4.49. The van der Waals surface area contributed by atoms with Crippen LogP contribution in [0.15, 0.2) is 65.8 Å². The van der Waals surface area contributed by atoms with Crippen LogP contribution in [0, 0.1) is 6.92 Å². The minimum Gasteiger partial charge on any atom is -0.464 e. The fraction of sp³-hybridized carbons (Fsp3) is 0.190. The van der Waals surface area contributed by atoms with E-state index in [1.165, 1.54) is 6.33 Å². The highest BCUT2D eigenvalue weighted by Gasteiger charge is 2.10. The molecule has 0 radical (unpaired) electrons. The number of hydrogen-bond donors (Lipinski definition) is 1. The Morgan fingerprint density at radius 1 is 1.15 bits per heavy atom. The number of nitrogens with one attached hydrogen (secondary N) is 1. The first-order chi connectivity index (χ1) is 13.2. The van der Waals surface area contributed by atoms with Gasteiger partial charge < -0.3 is 9.73 Å². The molecule has 2 aromatic carbocycles. The Morgan fingerprint density at radius 2 is 1.96 bits per heavy atom. The Labute approximate surface area is 156 Å². The summed E-state index contributed by atoms with van der Waals surface area (Å²) in [6.45, 7) is 3.20. The maximum absolute atomic E-state index is 12.3. The van der Waals surface area contributed by atoms with Crippen molar-refractivity contribution in [2.75, 3.05) is 0 Å². The minimum atomic E-state index is -0.0232. The first kappa shape index (κ1) is 17.0. The zero-order valence-corrected chi connectivity index (χ0v) is 15.1. The van der Waals surface area contributed by atoms with E-state index in [4.69, 9.17) is 4.42 Å². The summed E-state index contributed by atoms with van der Waals surface area (Å²) in [5, 5.41) is 8.06. The standard InChI is InChI=1S/C21H20N4O2/c1-15-2-7-19-18(12-27-20(19)8-15)9-21(26)23-10-16-3-5-17(6-4-16)11-25-14-22-13-24-25/h2-8,12-14H,9-11H2,1H3,(H,23,26). The molecule has 0 atom stereocenters. The molecular formula is C21H20N4O2. The van der Waals surface area contributed by atoms with Crippen molar-refractivity contribution in [2.45, 2.75) is 26.4 Å². The molecule has 6 nitrogen and oxygen atoms in total. The van der Waals surface area contributed by atoms with Gasteiger partial charge in [0.1, 0.15) is 18.2 Å². The molecular weight excluding hydrogens is 340 g/mol. The van der Waals surface area contributed by atoms with Gasteiger partial charge in [-0.25, -0.2) is 9.67 Å². The van der Waals surface area contributed by atoms with E-state index in [0.717, 1.165) is 33.2 Å². The molecule has 0 aliphatic rings. The minimum absolute atomic E-state index is 0.0232. The number of furan rings is 1. The van der Waals surface area contributed by atoms with Crippen molar-refractivity contribution in [3.8, 4) is 0 Å². The van der Waals surface area contributed by atoms with Crippen LogP contribution in [-0.4, -0.2) is 20.7 Å². The lowest BCUT2D eigenvalue weighted by Crippen LogP contribution is -2.24. The van der Waals surface area contributed by atoms with Gasteiger partial charge in [0.25, 0.3) is 0 Å². The van der Waals surface area contributed by atoms with Crippen LogP contribution < -0.4 is 5.32 Å². The van der Waals surface area contributed by atoms with E-state index in [1.54, 1.807) is 17.3 Å². The molecule has 1 N–H and O–H groups in total. The maximum atomic E-state index is 12.3. The van der Waals surface area contributed by atoms with Gasteiger partial charge in [0.2, 0.25) is 5.91 Å². The molecule has 6 heteroatoms. The van der Waals surface area contributed by atoms with Crippen LogP contribution in [0.2, 0.25) is 0 Å². The number of fused-ring (bicyclic) bond motifs is 1. The van der Waals surface area contributed by atoms with Crippen LogP contribution in [0.25, 0.3) is 11.0 Å². The quantitative estimate of drug-likeness (QED) is 0.573. The summed E-state index contributed by atoms with van der Waals surface area (Å²) >= 11 is 0. The summed E-state index contributed by atoms with van der Waals surface area (Å²) < 4.78 is 7.33. The largest absolute Gasteiger partial charge is 0.464 e. The molecule has 0 aliphatic heterocycles. The molecule has 136 valence electrons. The fourth-order valence-electron chi connectivity index (χ4n) is 3.03. The normalized spacial score (nSPS) is 11.0. The monoisotopic (exact) mass is 360 g/mol. The number of carbonyl (C=O) groups is 1. The number of carbonyl (C=O) groups excluding carboxylic acids is 1. The molecule has 0 unspecified atom stereocenters. The smallest absolute Gasteiger partial charge is 0.224 e. The van der Waals surface area contributed by atoms with Gasteiger partial charge in [0.05, 0.1) is 19.2 Å². The van der Waals surface area contributed by atoms with E-state index in [-0.39, 0.29) is 5.91 Å². The summed E-state index contributed by atoms with van der Waals surface area (Å²) in [4.78, 5) is 16.2. The summed E-state index contributed by atoms with van der Waals surface area (Å²) in [6.07, 6.45) is 5.19. The van der Waals surface area contributed by atoms with Crippen molar-refractivity contribution in [1.29, 1.82) is 0 Å². The number of benzene rings is 2. The molecule has 0 fully saturated rings. The Hall–Kier alpha value is -3.41. The Bertz CT molecular complexity index is 1050. The van der Waals surface area contributed by atoms with Gasteiger partial charge >= 0.3 is 0 Å². The van der Waals surface area contributed by atoms with Crippen LogP contribution in [0.5, 0.6) is 0 Å². The number of rotatable bonds is 6. The molecule has 4 aromatic rings. The Kier molecular flexibility index (Phi) is 4.70. The van der Waals surface area contributed by atoms with E-state index in [0.29, 0.717) is 19.5 Å². The van der Waals surface area contributed by atoms with Crippen LogP contribution in [0.4, 0.5) is 0 Å². The van der Waals surface area contributed by atoms with E-state index in [1.807, 2.05) is 49.4 Å². The van der Waals surface area contributed by atoms with E-state index in [9.17, 15) is 4.79 Å². The molecule has 2 aromatic heterocycles. The summed E-state index contributed by atoms with van der Waals surface area (Å²) in [7, 11) is 0. The number of amides is 1. The first-order valence-corrected chi connectivity index (χ1v) is 8.81. The second-order valence-corrected chi connectivity index (χ2v) is 6.62. The van der Waals surface area contributed by atoms with Crippen molar-refractivity contribution < 1.29 is 9.21 Å². The lowest BCUT2D eigenvalue weighted by molar-refractivity contribution is -0.120. The highest BCUT2D eigenvalue weighted by atomic mass is 16.3.